The zero-order valence-corrected chi connectivity index (χ0v) is 13.5. The zero-order valence-electron chi connectivity index (χ0n) is 12.7. The highest BCUT2D eigenvalue weighted by atomic mass is 32.2. The second-order valence-electron chi connectivity index (χ2n) is 5.66. The molecule has 0 unspecified atom stereocenters. The van der Waals surface area contributed by atoms with E-state index in [1.54, 1.807) is 13.0 Å². The van der Waals surface area contributed by atoms with Crippen molar-refractivity contribution >= 4 is 10.0 Å². The Morgan fingerprint density at radius 1 is 1.20 bits per heavy atom. The van der Waals surface area contributed by atoms with Crippen LogP contribution in [-0.4, -0.2) is 28.7 Å². The van der Waals surface area contributed by atoms with Crippen LogP contribution in [0.3, 0.4) is 0 Å². The lowest BCUT2D eigenvalue weighted by Crippen LogP contribution is -2.27. The molecule has 20 heavy (non-hydrogen) atoms. The summed E-state index contributed by atoms with van der Waals surface area (Å²) in [5.41, 5.74) is 1.52. The molecular weight excluding hydrogens is 278 g/mol. The molecule has 0 spiro atoms. The van der Waals surface area contributed by atoms with E-state index in [1.807, 2.05) is 32.9 Å². The van der Waals surface area contributed by atoms with Crippen molar-refractivity contribution in [3.8, 4) is 0 Å². The van der Waals surface area contributed by atoms with E-state index in [1.165, 1.54) is 7.11 Å². The summed E-state index contributed by atoms with van der Waals surface area (Å²) in [6.07, 6.45) is 0. The highest BCUT2D eigenvalue weighted by molar-refractivity contribution is 7.89. The Hall–Kier alpha value is -0.950. The highest BCUT2D eigenvalue weighted by Crippen LogP contribution is 2.26. The Morgan fingerprint density at radius 2 is 1.85 bits per heavy atom. The van der Waals surface area contributed by atoms with Crippen molar-refractivity contribution in [1.82, 2.24) is 4.89 Å². The SMILES string of the molecule is COCCONS(=O)(=O)c1cc(C(C)(C)C)ccc1C. The molecule has 0 amide bonds. The lowest BCUT2D eigenvalue weighted by molar-refractivity contribution is 0.0438. The third kappa shape index (κ3) is 4.56. The van der Waals surface area contributed by atoms with Crippen LogP contribution in [0.2, 0.25) is 0 Å². The summed E-state index contributed by atoms with van der Waals surface area (Å²) in [6, 6.07) is 5.45. The van der Waals surface area contributed by atoms with Crippen LogP contribution in [0.15, 0.2) is 23.1 Å². The molecule has 1 N–H and O–H groups in total. The third-order valence-electron chi connectivity index (χ3n) is 2.90. The van der Waals surface area contributed by atoms with Gasteiger partial charge >= 0.3 is 0 Å². The first kappa shape index (κ1) is 17.1. The number of aryl methyl sites for hydroxylation is 1. The fraction of sp³-hybridized carbons (Fsp3) is 0.571. The first-order valence-corrected chi connectivity index (χ1v) is 7.90. The predicted molar refractivity (Wildman–Crippen MR) is 78.0 cm³/mol. The maximum absolute atomic E-state index is 12.2. The molecule has 6 heteroatoms. The minimum Gasteiger partial charge on any atom is -0.382 e. The average molecular weight is 301 g/mol. The standard InChI is InChI=1S/C14H23NO4S/c1-11-6-7-12(14(2,3)4)10-13(11)20(16,17)15-19-9-8-18-5/h6-7,10,15H,8-9H2,1-5H3. The Morgan fingerprint density at radius 3 is 2.40 bits per heavy atom. The fourth-order valence-electron chi connectivity index (χ4n) is 1.65. The number of hydrogen-bond donors (Lipinski definition) is 1. The van der Waals surface area contributed by atoms with Crippen molar-refractivity contribution < 1.29 is 18.0 Å². The predicted octanol–water partition coefficient (Wildman–Crippen LogP) is 2.15. The van der Waals surface area contributed by atoms with Gasteiger partial charge in [-0.2, -0.15) is 0 Å². The summed E-state index contributed by atoms with van der Waals surface area (Å²) >= 11 is 0. The molecule has 0 radical (unpaired) electrons. The maximum atomic E-state index is 12.2. The number of benzene rings is 1. The fourth-order valence-corrected chi connectivity index (χ4v) is 2.75. The molecule has 0 heterocycles. The second kappa shape index (κ2) is 6.67. The van der Waals surface area contributed by atoms with Crippen molar-refractivity contribution in [3.05, 3.63) is 29.3 Å². The van der Waals surface area contributed by atoms with Crippen LogP contribution in [0.1, 0.15) is 31.9 Å². The second-order valence-corrected chi connectivity index (χ2v) is 7.27. The van der Waals surface area contributed by atoms with Gasteiger partial charge in [0.25, 0.3) is 10.0 Å². The van der Waals surface area contributed by atoms with Gasteiger partial charge in [0.15, 0.2) is 0 Å². The van der Waals surface area contributed by atoms with Crippen LogP contribution in [0.4, 0.5) is 0 Å². The summed E-state index contributed by atoms with van der Waals surface area (Å²) in [7, 11) is -2.16. The smallest absolute Gasteiger partial charge is 0.262 e. The van der Waals surface area contributed by atoms with E-state index in [2.05, 4.69) is 4.89 Å². The molecule has 0 fully saturated rings. The van der Waals surface area contributed by atoms with Crippen LogP contribution in [0.25, 0.3) is 0 Å². The highest BCUT2D eigenvalue weighted by Gasteiger charge is 2.21. The molecule has 0 saturated carbocycles. The van der Waals surface area contributed by atoms with Gasteiger partial charge in [-0.25, -0.2) is 8.42 Å². The maximum Gasteiger partial charge on any atom is 0.262 e. The molecule has 0 aliphatic heterocycles. The van der Waals surface area contributed by atoms with Gasteiger partial charge < -0.3 is 4.74 Å². The van der Waals surface area contributed by atoms with E-state index in [0.29, 0.717) is 12.2 Å². The first-order chi connectivity index (χ1) is 9.18. The van der Waals surface area contributed by atoms with Gasteiger partial charge in [-0.15, -0.1) is 0 Å². The van der Waals surface area contributed by atoms with Crippen molar-refractivity contribution in [1.29, 1.82) is 0 Å². The van der Waals surface area contributed by atoms with Crippen molar-refractivity contribution in [2.75, 3.05) is 20.3 Å². The average Bonchev–Trinajstić information content (AvgIpc) is 2.33. The quantitative estimate of drug-likeness (QED) is 0.646. The van der Waals surface area contributed by atoms with Gasteiger partial charge in [-0.1, -0.05) is 37.8 Å². The molecule has 1 aromatic carbocycles. The van der Waals surface area contributed by atoms with Crippen molar-refractivity contribution in [2.24, 2.45) is 0 Å². The number of hydrogen-bond acceptors (Lipinski definition) is 4. The molecule has 0 aliphatic carbocycles. The number of sulfonamides is 1. The normalized spacial score (nSPS) is 12.7. The van der Waals surface area contributed by atoms with Crippen LogP contribution >= 0.6 is 0 Å². The summed E-state index contributed by atoms with van der Waals surface area (Å²) < 4.78 is 29.2. The number of ether oxygens (including phenoxy) is 1. The van der Waals surface area contributed by atoms with Gasteiger partial charge in [0.05, 0.1) is 18.1 Å². The molecule has 1 aromatic rings. The van der Waals surface area contributed by atoms with Gasteiger partial charge in [0, 0.05) is 7.11 Å². The first-order valence-electron chi connectivity index (χ1n) is 6.42. The molecule has 114 valence electrons. The topological polar surface area (TPSA) is 64.6 Å². The molecule has 5 nitrogen and oxygen atoms in total. The van der Waals surface area contributed by atoms with Gasteiger partial charge in [-0.3, -0.25) is 4.84 Å². The van der Waals surface area contributed by atoms with Crippen LogP contribution in [-0.2, 0) is 25.0 Å². The van der Waals surface area contributed by atoms with Crippen molar-refractivity contribution in [2.45, 2.75) is 38.0 Å². The minimum atomic E-state index is -3.68. The number of nitrogens with one attached hydrogen (secondary N) is 1. The molecule has 0 saturated heterocycles. The van der Waals surface area contributed by atoms with E-state index >= 15 is 0 Å². The minimum absolute atomic E-state index is 0.116. The van der Waals surface area contributed by atoms with Gasteiger partial charge in [0.2, 0.25) is 0 Å². The third-order valence-corrected chi connectivity index (χ3v) is 4.26. The Kier molecular flexibility index (Phi) is 5.70. The molecule has 1 rings (SSSR count). The lowest BCUT2D eigenvalue weighted by Gasteiger charge is -2.20. The van der Waals surface area contributed by atoms with E-state index in [9.17, 15) is 8.42 Å². The Balaban J connectivity index is 2.99. The summed E-state index contributed by atoms with van der Waals surface area (Å²) in [6.45, 7) is 8.36. The van der Waals surface area contributed by atoms with E-state index in [-0.39, 0.29) is 16.9 Å². The molecular formula is C14H23NO4S. The molecule has 0 aliphatic rings. The Bertz CT molecular complexity index is 547. The van der Waals surface area contributed by atoms with Crippen LogP contribution in [0.5, 0.6) is 0 Å². The largest absolute Gasteiger partial charge is 0.382 e. The number of methoxy groups -OCH3 is 1. The summed E-state index contributed by atoms with van der Waals surface area (Å²) in [5.74, 6) is 0. The van der Waals surface area contributed by atoms with E-state index in [4.69, 9.17) is 9.57 Å². The zero-order chi connectivity index (χ0) is 15.4. The Labute approximate surface area is 121 Å². The van der Waals surface area contributed by atoms with Gasteiger partial charge in [0.1, 0.15) is 0 Å². The van der Waals surface area contributed by atoms with E-state index in [0.717, 1.165) is 5.56 Å². The van der Waals surface area contributed by atoms with Crippen LogP contribution in [0, 0.1) is 6.92 Å². The van der Waals surface area contributed by atoms with E-state index < -0.39 is 10.0 Å². The summed E-state index contributed by atoms with van der Waals surface area (Å²) in [5, 5.41) is 0. The lowest BCUT2D eigenvalue weighted by atomic mass is 9.87. The molecule has 0 aromatic heterocycles. The van der Waals surface area contributed by atoms with Crippen molar-refractivity contribution in [3.63, 3.8) is 0 Å². The van der Waals surface area contributed by atoms with Crippen LogP contribution < -0.4 is 4.89 Å². The van der Waals surface area contributed by atoms with Gasteiger partial charge in [-0.05, 0) is 29.5 Å². The monoisotopic (exact) mass is 301 g/mol. The molecule has 0 atom stereocenters. The number of rotatable bonds is 6. The summed E-state index contributed by atoms with van der Waals surface area (Å²) in [4.78, 5) is 7.27. The molecule has 0 bridgehead atoms.